The molecule has 0 aliphatic rings. The molecule has 0 spiro atoms. The SMILES string of the molecule is CC(=O)c1ccc(NC(=O)CCOCc2ccccc2)cc1. The Hall–Kier alpha value is -2.46. The van der Waals surface area contributed by atoms with Crippen LogP contribution in [0.25, 0.3) is 0 Å². The number of rotatable bonds is 7. The Balaban J connectivity index is 1.70. The molecule has 0 radical (unpaired) electrons. The number of ether oxygens (including phenoxy) is 1. The molecule has 0 heterocycles. The summed E-state index contributed by atoms with van der Waals surface area (Å²) in [6.45, 7) is 2.38. The second-order valence-corrected chi connectivity index (χ2v) is 4.97. The maximum Gasteiger partial charge on any atom is 0.226 e. The van der Waals surface area contributed by atoms with Crippen LogP contribution in [0.4, 0.5) is 5.69 Å². The number of carbonyl (C=O) groups is 2. The number of benzene rings is 2. The van der Waals surface area contributed by atoms with E-state index in [9.17, 15) is 9.59 Å². The summed E-state index contributed by atoms with van der Waals surface area (Å²) in [4.78, 5) is 23.0. The van der Waals surface area contributed by atoms with Gasteiger partial charge in [-0.1, -0.05) is 30.3 Å². The molecule has 22 heavy (non-hydrogen) atoms. The molecule has 0 bridgehead atoms. The van der Waals surface area contributed by atoms with Crippen LogP contribution in [0, 0.1) is 0 Å². The van der Waals surface area contributed by atoms with Crippen LogP contribution in [-0.2, 0) is 16.1 Å². The average Bonchev–Trinajstić information content (AvgIpc) is 2.53. The van der Waals surface area contributed by atoms with Crippen LogP contribution >= 0.6 is 0 Å². The summed E-state index contributed by atoms with van der Waals surface area (Å²) < 4.78 is 5.47. The summed E-state index contributed by atoms with van der Waals surface area (Å²) in [7, 11) is 0. The number of hydrogen-bond acceptors (Lipinski definition) is 3. The maximum atomic E-state index is 11.8. The van der Waals surface area contributed by atoms with Gasteiger partial charge in [0.2, 0.25) is 5.91 Å². The number of amides is 1. The molecule has 0 unspecified atom stereocenters. The number of ketones is 1. The van der Waals surface area contributed by atoms with Crippen molar-refractivity contribution in [3.8, 4) is 0 Å². The smallest absolute Gasteiger partial charge is 0.226 e. The minimum Gasteiger partial charge on any atom is -0.376 e. The van der Waals surface area contributed by atoms with Crippen molar-refractivity contribution in [1.82, 2.24) is 0 Å². The lowest BCUT2D eigenvalue weighted by Gasteiger charge is -2.07. The van der Waals surface area contributed by atoms with Crippen molar-refractivity contribution in [3.63, 3.8) is 0 Å². The molecule has 2 aromatic carbocycles. The molecule has 2 aromatic rings. The summed E-state index contributed by atoms with van der Waals surface area (Å²) in [6.07, 6.45) is 0.293. The van der Waals surface area contributed by atoms with Crippen LogP contribution in [0.5, 0.6) is 0 Å². The standard InChI is InChI=1S/C18H19NO3/c1-14(20)16-7-9-17(10-8-16)19-18(21)11-12-22-13-15-5-3-2-4-6-15/h2-10H,11-13H2,1H3,(H,19,21). The third-order valence-electron chi connectivity index (χ3n) is 3.16. The Labute approximate surface area is 130 Å². The van der Waals surface area contributed by atoms with Gasteiger partial charge in [-0.3, -0.25) is 9.59 Å². The molecule has 0 aromatic heterocycles. The Kier molecular flexibility index (Phi) is 5.86. The van der Waals surface area contributed by atoms with Crippen molar-refractivity contribution >= 4 is 17.4 Å². The summed E-state index contributed by atoms with van der Waals surface area (Å²) >= 11 is 0. The Morgan fingerprint density at radius 1 is 1.00 bits per heavy atom. The van der Waals surface area contributed by atoms with Crippen LogP contribution in [0.2, 0.25) is 0 Å². The van der Waals surface area contributed by atoms with E-state index in [-0.39, 0.29) is 11.7 Å². The molecule has 0 saturated heterocycles. The van der Waals surface area contributed by atoms with Gasteiger partial charge in [0.15, 0.2) is 5.78 Å². The lowest BCUT2D eigenvalue weighted by Crippen LogP contribution is -2.14. The molecule has 0 saturated carbocycles. The van der Waals surface area contributed by atoms with E-state index < -0.39 is 0 Å². The van der Waals surface area contributed by atoms with Gasteiger partial charge >= 0.3 is 0 Å². The summed E-state index contributed by atoms with van der Waals surface area (Å²) in [5.41, 5.74) is 2.39. The van der Waals surface area contributed by atoms with Crippen LogP contribution in [0.1, 0.15) is 29.3 Å². The van der Waals surface area contributed by atoms with Crippen LogP contribution < -0.4 is 5.32 Å². The first-order chi connectivity index (χ1) is 10.6. The number of hydrogen-bond donors (Lipinski definition) is 1. The van der Waals surface area contributed by atoms with E-state index >= 15 is 0 Å². The van der Waals surface area contributed by atoms with E-state index in [4.69, 9.17) is 4.74 Å². The third kappa shape index (κ3) is 5.14. The quantitative estimate of drug-likeness (QED) is 0.629. The van der Waals surface area contributed by atoms with Crippen molar-refractivity contribution in [3.05, 3.63) is 65.7 Å². The lowest BCUT2D eigenvalue weighted by molar-refractivity contribution is -0.117. The average molecular weight is 297 g/mol. The zero-order chi connectivity index (χ0) is 15.8. The zero-order valence-electron chi connectivity index (χ0n) is 12.5. The van der Waals surface area contributed by atoms with Crippen molar-refractivity contribution in [2.24, 2.45) is 0 Å². The summed E-state index contributed by atoms with van der Waals surface area (Å²) in [5.74, 6) is -0.101. The van der Waals surface area contributed by atoms with E-state index in [1.807, 2.05) is 30.3 Å². The van der Waals surface area contributed by atoms with E-state index in [2.05, 4.69) is 5.32 Å². The van der Waals surface area contributed by atoms with Gasteiger partial charge in [0.05, 0.1) is 19.6 Å². The predicted octanol–water partition coefficient (Wildman–Crippen LogP) is 3.43. The molecule has 0 fully saturated rings. The first kappa shape index (κ1) is 15.9. The molecule has 4 nitrogen and oxygen atoms in total. The fraction of sp³-hybridized carbons (Fsp3) is 0.222. The molecule has 114 valence electrons. The summed E-state index contributed by atoms with van der Waals surface area (Å²) in [6, 6.07) is 16.7. The normalized spacial score (nSPS) is 10.2. The van der Waals surface area contributed by atoms with Gasteiger partial charge in [-0.15, -0.1) is 0 Å². The first-order valence-corrected chi connectivity index (χ1v) is 7.17. The van der Waals surface area contributed by atoms with Gasteiger partial charge in [-0.05, 0) is 36.8 Å². The predicted molar refractivity (Wildman–Crippen MR) is 85.8 cm³/mol. The molecular weight excluding hydrogens is 278 g/mol. The molecule has 1 amide bonds. The highest BCUT2D eigenvalue weighted by molar-refractivity contribution is 5.95. The van der Waals surface area contributed by atoms with Gasteiger partial charge < -0.3 is 10.1 Å². The van der Waals surface area contributed by atoms with E-state index in [0.29, 0.717) is 30.9 Å². The molecule has 0 aliphatic carbocycles. The number of carbonyl (C=O) groups excluding carboxylic acids is 2. The molecule has 0 atom stereocenters. The first-order valence-electron chi connectivity index (χ1n) is 7.17. The Bertz CT molecular complexity index is 621. The van der Waals surface area contributed by atoms with E-state index in [0.717, 1.165) is 5.56 Å². The fourth-order valence-electron chi connectivity index (χ4n) is 1.94. The molecule has 1 N–H and O–H groups in total. The highest BCUT2D eigenvalue weighted by Crippen LogP contribution is 2.10. The van der Waals surface area contributed by atoms with Gasteiger partial charge in [0.1, 0.15) is 0 Å². The molecule has 2 rings (SSSR count). The maximum absolute atomic E-state index is 11.8. The van der Waals surface area contributed by atoms with Crippen LogP contribution in [-0.4, -0.2) is 18.3 Å². The Morgan fingerprint density at radius 3 is 2.32 bits per heavy atom. The molecule has 0 aliphatic heterocycles. The van der Waals surface area contributed by atoms with Crippen molar-refractivity contribution in [2.75, 3.05) is 11.9 Å². The van der Waals surface area contributed by atoms with E-state index in [1.54, 1.807) is 24.3 Å². The fourth-order valence-corrected chi connectivity index (χ4v) is 1.94. The highest BCUT2D eigenvalue weighted by atomic mass is 16.5. The van der Waals surface area contributed by atoms with Crippen molar-refractivity contribution < 1.29 is 14.3 Å². The van der Waals surface area contributed by atoms with Crippen LogP contribution in [0.15, 0.2) is 54.6 Å². The third-order valence-corrected chi connectivity index (χ3v) is 3.16. The van der Waals surface area contributed by atoms with Gasteiger partial charge in [-0.2, -0.15) is 0 Å². The zero-order valence-corrected chi connectivity index (χ0v) is 12.5. The molecule has 4 heteroatoms. The number of anilines is 1. The highest BCUT2D eigenvalue weighted by Gasteiger charge is 2.04. The topological polar surface area (TPSA) is 55.4 Å². The minimum atomic E-state index is -0.108. The lowest BCUT2D eigenvalue weighted by atomic mass is 10.1. The largest absolute Gasteiger partial charge is 0.376 e. The van der Waals surface area contributed by atoms with Crippen molar-refractivity contribution in [2.45, 2.75) is 20.0 Å². The van der Waals surface area contributed by atoms with Crippen LogP contribution in [0.3, 0.4) is 0 Å². The monoisotopic (exact) mass is 297 g/mol. The summed E-state index contributed by atoms with van der Waals surface area (Å²) in [5, 5.41) is 2.78. The number of nitrogens with one attached hydrogen (secondary N) is 1. The Morgan fingerprint density at radius 2 is 1.68 bits per heavy atom. The second-order valence-electron chi connectivity index (χ2n) is 4.97. The van der Waals surface area contributed by atoms with Gasteiger partial charge in [0.25, 0.3) is 0 Å². The van der Waals surface area contributed by atoms with Gasteiger partial charge in [-0.25, -0.2) is 0 Å². The van der Waals surface area contributed by atoms with E-state index in [1.165, 1.54) is 6.92 Å². The van der Waals surface area contributed by atoms with Crippen molar-refractivity contribution in [1.29, 1.82) is 0 Å². The second kappa shape index (κ2) is 8.10. The van der Waals surface area contributed by atoms with Gasteiger partial charge in [0, 0.05) is 11.3 Å². The minimum absolute atomic E-state index is 0.00666. The molecular formula is C18H19NO3. The number of Topliss-reactive ketones (excluding diaryl/α,β-unsaturated/α-hetero) is 1.